The van der Waals surface area contributed by atoms with Gasteiger partial charge in [-0.15, -0.1) is 0 Å². The SMILES string of the molecule is COCc1cn(Cc2ccc(Cn3ccccc3=O)cc2)nc1C(=O)NCc1cc(OC)cc(OC)c1. The van der Waals surface area contributed by atoms with E-state index < -0.39 is 0 Å². The van der Waals surface area contributed by atoms with Crippen molar-refractivity contribution in [3.63, 3.8) is 0 Å². The highest BCUT2D eigenvalue weighted by atomic mass is 16.5. The largest absolute Gasteiger partial charge is 0.497 e. The van der Waals surface area contributed by atoms with Gasteiger partial charge in [0.05, 0.1) is 33.9 Å². The molecule has 0 saturated carbocycles. The maximum Gasteiger partial charge on any atom is 0.272 e. The van der Waals surface area contributed by atoms with E-state index in [1.807, 2.05) is 48.7 Å². The van der Waals surface area contributed by atoms with Crippen molar-refractivity contribution in [2.45, 2.75) is 26.2 Å². The Morgan fingerprint density at radius 2 is 1.57 bits per heavy atom. The summed E-state index contributed by atoms with van der Waals surface area (Å²) in [5.41, 5.74) is 3.86. The molecule has 9 nitrogen and oxygen atoms in total. The van der Waals surface area contributed by atoms with Gasteiger partial charge in [-0.1, -0.05) is 30.3 Å². The van der Waals surface area contributed by atoms with Gasteiger partial charge in [0.2, 0.25) is 0 Å². The van der Waals surface area contributed by atoms with Gasteiger partial charge in [-0.05, 0) is 34.9 Å². The Morgan fingerprint density at radius 3 is 2.19 bits per heavy atom. The van der Waals surface area contributed by atoms with E-state index in [9.17, 15) is 9.59 Å². The Bertz CT molecular complexity index is 1390. The minimum Gasteiger partial charge on any atom is -0.497 e. The van der Waals surface area contributed by atoms with Crippen LogP contribution in [0.1, 0.15) is 32.7 Å². The zero-order valence-corrected chi connectivity index (χ0v) is 21.1. The standard InChI is InChI=1S/C28H30N4O5/c1-35-19-23-18-32(17-21-9-7-20(8-10-21)16-31-11-5-4-6-26(31)33)30-27(23)28(34)29-15-22-12-24(36-2)14-25(13-22)37-3/h4-14,18H,15-17,19H2,1-3H3,(H,29,34). The van der Waals surface area contributed by atoms with Crippen molar-refractivity contribution >= 4 is 5.91 Å². The fourth-order valence-corrected chi connectivity index (χ4v) is 3.96. The Balaban J connectivity index is 1.44. The number of hydrogen-bond acceptors (Lipinski definition) is 6. The van der Waals surface area contributed by atoms with E-state index in [1.165, 1.54) is 0 Å². The molecule has 0 radical (unpaired) electrons. The fourth-order valence-electron chi connectivity index (χ4n) is 3.96. The van der Waals surface area contributed by atoms with Crippen LogP contribution in [-0.2, 0) is 31.0 Å². The van der Waals surface area contributed by atoms with Crippen LogP contribution in [0.3, 0.4) is 0 Å². The van der Waals surface area contributed by atoms with Crippen molar-refractivity contribution in [1.82, 2.24) is 19.7 Å². The molecule has 1 N–H and O–H groups in total. The van der Waals surface area contributed by atoms with Gasteiger partial charge < -0.3 is 24.1 Å². The molecule has 0 bridgehead atoms. The quantitative estimate of drug-likeness (QED) is 0.338. The van der Waals surface area contributed by atoms with Crippen molar-refractivity contribution in [3.8, 4) is 11.5 Å². The molecule has 2 aromatic carbocycles. The molecule has 0 unspecified atom stereocenters. The first kappa shape index (κ1) is 25.7. The van der Waals surface area contributed by atoms with Gasteiger partial charge in [-0.3, -0.25) is 14.3 Å². The van der Waals surface area contributed by atoms with E-state index in [0.29, 0.717) is 35.8 Å². The predicted molar refractivity (Wildman–Crippen MR) is 139 cm³/mol. The second kappa shape index (κ2) is 12.0. The summed E-state index contributed by atoms with van der Waals surface area (Å²) in [6.07, 6.45) is 3.60. The van der Waals surface area contributed by atoms with Gasteiger partial charge in [0.1, 0.15) is 11.5 Å². The van der Waals surface area contributed by atoms with Crippen LogP contribution in [0.25, 0.3) is 0 Å². The van der Waals surface area contributed by atoms with E-state index in [1.54, 1.807) is 55.0 Å². The summed E-state index contributed by atoms with van der Waals surface area (Å²) in [6.45, 7) is 1.55. The highest BCUT2D eigenvalue weighted by Gasteiger charge is 2.17. The molecule has 2 heterocycles. The van der Waals surface area contributed by atoms with E-state index in [2.05, 4.69) is 10.4 Å². The van der Waals surface area contributed by atoms with Gasteiger partial charge in [-0.25, -0.2) is 0 Å². The Morgan fingerprint density at radius 1 is 0.892 bits per heavy atom. The molecule has 0 aliphatic carbocycles. The zero-order chi connectivity index (χ0) is 26.2. The number of nitrogens with zero attached hydrogens (tertiary/aromatic N) is 3. The number of nitrogens with one attached hydrogen (secondary N) is 1. The monoisotopic (exact) mass is 502 g/mol. The number of aromatic nitrogens is 3. The first-order chi connectivity index (χ1) is 18.0. The molecule has 0 aliphatic heterocycles. The number of ether oxygens (including phenoxy) is 3. The third-order valence-corrected chi connectivity index (χ3v) is 5.84. The topological polar surface area (TPSA) is 96.6 Å². The molecule has 0 atom stereocenters. The summed E-state index contributed by atoms with van der Waals surface area (Å²) in [5.74, 6) is 1.00. The van der Waals surface area contributed by atoms with Gasteiger partial charge in [0, 0.05) is 43.7 Å². The Hall–Kier alpha value is -4.37. The number of pyridine rings is 1. The molecule has 37 heavy (non-hydrogen) atoms. The average molecular weight is 503 g/mol. The van der Waals surface area contributed by atoms with Crippen molar-refractivity contribution in [2.75, 3.05) is 21.3 Å². The summed E-state index contributed by atoms with van der Waals surface area (Å²) in [4.78, 5) is 25.0. The lowest BCUT2D eigenvalue weighted by molar-refractivity contribution is 0.0940. The maximum atomic E-state index is 13.0. The molecule has 192 valence electrons. The highest BCUT2D eigenvalue weighted by Crippen LogP contribution is 2.22. The third-order valence-electron chi connectivity index (χ3n) is 5.84. The van der Waals surface area contributed by atoms with Crippen LogP contribution in [0.4, 0.5) is 0 Å². The minimum atomic E-state index is -0.295. The fraction of sp³-hybridized carbons (Fsp3) is 0.250. The molecule has 0 aliphatic rings. The van der Waals surface area contributed by atoms with Gasteiger partial charge >= 0.3 is 0 Å². The number of methoxy groups -OCH3 is 3. The molecule has 2 aromatic heterocycles. The van der Waals surface area contributed by atoms with E-state index >= 15 is 0 Å². The van der Waals surface area contributed by atoms with Crippen LogP contribution in [0.15, 0.2) is 77.9 Å². The van der Waals surface area contributed by atoms with Crippen LogP contribution in [0.2, 0.25) is 0 Å². The molecule has 1 amide bonds. The lowest BCUT2D eigenvalue weighted by atomic mass is 10.1. The maximum absolute atomic E-state index is 13.0. The number of benzene rings is 2. The van der Waals surface area contributed by atoms with Crippen LogP contribution in [0.5, 0.6) is 11.5 Å². The molecule has 0 spiro atoms. The first-order valence-corrected chi connectivity index (χ1v) is 11.8. The van der Waals surface area contributed by atoms with Crippen LogP contribution >= 0.6 is 0 Å². The molecule has 4 aromatic rings. The van der Waals surface area contributed by atoms with Crippen LogP contribution < -0.4 is 20.3 Å². The molecule has 0 fully saturated rings. The van der Waals surface area contributed by atoms with Crippen molar-refractivity contribution in [1.29, 1.82) is 0 Å². The lowest BCUT2D eigenvalue weighted by Crippen LogP contribution is -2.24. The second-order valence-corrected chi connectivity index (χ2v) is 8.52. The Kier molecular flexibility index (Phi) is 8.37. The number of carbonyl (C=O) groups is 1. The summed E-state index contributed by atoms with van der Waals surface area (Å²) in [6, 6.07) is 18.6. The molecule has 0 saturated heterocycles. The normalized spacial score (nSPS) is 10.8. The minimum absolute atomic E-state index is 0.0369. The van der Waals surface area contributed by atoms with E-state index in [-0.39, 0.29) is 24.6 Å². The molecular weight excluding hydrogens is 472 g/mol. The van der Waals surface area contributed by atoms with Crippen LogP contribution in [0, 0.1) is 0 Å². The molecular formula is C28H30N4O5. The number of hydrogen-bond donors (Lipinski definition) is 1. The summed E-state index contributed by atoms with van der Waals surface area (Å²) in [5, 5.41) is 7.46. The summed E-state index contributed by atoms with van der Waals surface area (Å²) >= 11 is 0. The van der Waals surface area contributed by atoms with Crippen molar-refractivity contribution in [3.05, 3.63) is 111 Å². The highest BCUT2D eigenvalue weighted by molar-refractivity contribution is 5.93. The van der Waals surface area contributed by atoms with Crippen molar-refractivity contribution in [2.24, 2.45) is 0 Å². The van der Waals surface area contributed by atoms with Gasteiger partial charge in [0.25, 0.3) is 11.5 Å². The number of carbonyl (C=O) groups excluding carboxylic acids is 1. The molecule has 4 rings (SSSR count). The van der Waals surface area contributed by atoms with Gasteiger partial charge in [-0.2, -0.15) is 5.10 Å². The van der Waals surface area contributed by atoms with E-state index in [0.717, 1.165) is 16.7 Å². The predicted octanol–water partition coefficient (Wildman–Crippen LogP) is 3.24. The third kappa shape index (κ3) is 6.65. The smallest absolute Gasteiger partial charge is 0.272 e. The summed E-state index contributed by atoms with van der Waals surface area (Å²) < 4.78 is 19.3. The second-order valence-electron chi connectivity index (χ2n) is 8.52. The zero-order valence-electron chi connectivity index (χ0n) is 21.1. The van der Waals surface area contributed by atoms with Crippen molar-refractivity contribution < 1.29 is 19.0 Å². The number of rotatable bonds is 11. The molecule has 9 heteroatoms. The lowest BCUT2D eigenvalue weighted by Gasteiger charge is -2.09. The average Bonchev–Trinajstić information content (AvgIpc) is 3.31. The van der Waals surface area contributed by atoms with E-state index in [4.69, 9.17) is 14.2 Å². The number of amides is 1. The summed E-state index contributed by atoms with van der Waals surface area (Å²) in [7, 11) is 4.75. The first-order valence-electron chi connectivity index (χ1n) is 11.8. The van der Waals surface area contributed by atoms with Crippen LogP contribution in [-0.4, -0.2) is 41.6 Å². The Labute approximate surface area is 215 Å². The van der Waals surface area contributed by atoms with Gasteiger partial charge in [0.15, 0.2) is 5.69 Å².